The highest BCUT2D eigenvalue weighted by Gasteiger charge is 2.21. The predicted molar refractivity (Wildman–Crippen MR) is 120 cm³/mol. The maximum atomic E-state index is 9.75. The Morgan fingerprint density at radius 3 is 2.40 bits per heavy atom. The Morgan fingerprint density at radius 1 is 1.03 bits per heavy atom. The second-order valence-corrected chi connectivity index (χ2v) is 7.59. The first-order valence-corrected chi connectivity index (χ1v) is 10.4. The van der Waals surface area contributed by atoms with Crippen molar-refractivity contribution in [1.82, 2.24) is 4.98 Å². The third kappa shape index (κ3) is 4.52. The molecule has 0 aliphatic carbocycles. The van der Waals surface area contributed by atoms with Gasteiger partial charge in [-0.3, -0.25) is 4.98 Å². The molecule has 4 rings (SSSR count). The summed E-state index contributed by atoms with van der Waals surface area (Å²) < 4.78 is 5.47. The van der Waals surface area contributed by atoms with E-state index in [1.165, 1.54) is 22.4 Å². The molecular formula is C25H27N3O2. The largest absolute Gasteiger partial charge is 0.411 e. The van der Waals surface area contributed by atoms with Crippen molar-refractivity contribution >= 4 is 11.4 Å². The molecule has 1 aromatic heterocycles. The Bertz CT molecular complexity index is 981. The first-order valence-electron chi connectivity index (χ1n) is 10.4. The molecule has 154 valence electrons. The number of rotatable bonds is 6. The number of morpholine rings is 1. The van der Waals surface area contributed by atoms with Gasteiger partial charge in [-0.25, -0.2) is 0 Å². The zero-order chi connectivity index (χ0) is 20.8. The highest BCUT2D eigenvalue weighted by atomic mass is 16.5. The molecule has 1 fully saturated rings. The van der Waals surface area contributed by atoms with Crippen LogP contribution in [0.3, 0.4) is 0 Å². The molecule has 0 bridgehead atoms. The Kier molecular flexibility index (Phi) is 6.40. The van der Waals surface area contributed by atoms with Crippen molar-refractivity contribution in [3.05, 3.63) is 95.3 Å². The summed E-state index contributed by atoms with van der Waals surface area (Å²) in [4.78, 5) is 6.43. The maximum Gasteiger partial charge on any atom is 0.0878 e. The van der Waals surface area contributed by atoms with Gasteiger partial charge in [-0.05, 0) is 47.9 Å². The van der Waals surface area contributed by atoms with Crippen LogP contribution in [0.5, 0.6) is 0 Å². The van der Waals surface area contributed by atoms with Gasteiger partial charge in [-0.15, -0.1) is 0 Å². The number of aromatic nitrogens is 1. The first-order chi connectivity index (χ1) is 14.8. The number of aryl methyl sites for hydroxylation is 1. The van der Waals surface area contributed by atoms with Crippen LogP contribution in [0.15, 0.2) is 78.2 Å². The molecule has 0 saturated carbocycles. The molecule has 30 heavy (non-hydrogen) atoms. The number of oxime groups is 1. The number of ether oxygens (including phenoxy) is 1. The van der Waals surface area contributed by atoms with Crippen LogP contribution in [0.4, 0.5) is 5.69 Å². The van der Waals surface area contributed by atoms with Crippen LogP contribution >= 0.6 is 0 Å². The van der Waals surface area contributed by atoms with Crippen LogP contribution in [0, 0.1) is 6.92 Å². The van der Waals surface area contributed by atoms with Crippen molar-refractivity contribution in [1.29, 1.82) is 0 Å². The lowest BCUT2D eigenvalue weighted by Gasteiger charge is -2.29. The summed E-state index contributed by atoms with van der Waals surface area (Å²) in [7, 11) is 0. The van der Waals surface area contributed by atoms with E-state index in [4.69, 9.17) is 4.74 Å². The van der Waals surface area contributed by atoms with Gasteiger partial charge in [0.1, 0.15) is 0 Å². The second-order valence-electron chi connectivity index (χ2n) is 7.59. The van der Waals surface area contributed by atoms with Gasteiger partial charge in [0.15, 0.2) is 0 Å². The molecule has 5 nitrogen and oxygen atoms in total. The summed E-state index contributed by atoms with van der Waals surface area (Å²) in [5.41, 5.74) is 6.44. The van der Waals surface area contributed by atoms with E-state index >= 15 is 0 Å². The van der Waals surface area contributed by atoms with Crippen molar-refractivity contribution < 1.29 is 9.94 Å². The Balaban J connectivity index is 1.66. The molecule has 3 aromatic rings. The lowest BCUT2D eigenvalue weighted by molar-refractivity contribution is 0.122. The third-order valence-electron chi connectivity index (χ3n) is 5.77. The molecule has 1 saturated heterocycles. The summed E-state index contributed by atoms with van der Waals surface area (Å²) in [5.74, 6) is 0.0870. The van der Waals surface area contributed by atoms with E-state index in [2.05, 4.69) is 70.5 Å². The SMILES string of the molecule is Cc1ccccc1C(C/C(=N\O)c1ccncc1)c1ccc(N2CCOCC2)cc1. The Labute approximate surface area is 177 Å². The van der Waals surface area contributed by atoms with Gasteiger partial charge < -0.3 is 14.8 Å². The number of hydrogen-bond acceptors (Lipinski definition) is 5. The standard InChI is InChI=1S/C25H27N3O2/c1-19-4-2-3-5-23(19)24(18-25(27-29)21-10-12-26-13-11-21)20-6-8-22(9-7-20)28-14-16-30-17-15-28/h2-13,24,29H,14-18H2,1H3/b27-25+. The first kappa shape index (κ1) is 20.1. The summed E-state index contributed by atoms with van der Waals surface area (Å²) in [6.45, 7) is 5.52. The fraction of sp³-hybridized carbons (Fsp3) is 0.280. The number of pyridine rings is 1. The average molecular weight is 402 g/mol. The van der Waals surface area contributed by atoms with Gasteiger partial charge in [0.25, 0.3) is 0 Å². The summed E-state index contributed by atoms with van der Waals surface area (Å²) in [5, 5.41) is 13.4. The number of benzene rings is 2. The fourth-order valence-corrected chi connectivity index (χ4v) is 4.08. The van der Waals surface area contributed by atoms with Crippen LogP contribution in [0.1, 0.15) is 34.6 Å². The molecule has 1 unspecified atom stereocenters. The second kappa shape index (κ2) is 9.55. The Hall–Kier alpha value is -3.18. The highest BCUT2D eigenvalue weighted by molar-refractivity contribution is 6.00. The zero-order valence-corrected chi connectivity index (χ0v) is 17.2. The smallest absolute Gasteiger partial charge is 0.0878 e. The van der Waals surface area contributed by atoms with Crippen LogP contribution < -0.4 is 4.90 Å². The zero-order valence-electron chi connectivity index (χ0n) is 17.2. The van der Waals surface area contributed by atoms with Crippen molar-refractivity contribution in [2.45, 2.75) is 19.3 Å². The molecule has 2 heterocycles. The molecule has 1 N–H and O–H groups in total. The van der Waals surface area contributed by atoms with Crippen LogP contribution in [0.2, 0.25) is 0 Å². The van der Waals surface area contributed by atoms with E-state index in [0.29, 0.717) is 12.1 Å². The van der Waals surface area contributed by atoms with Gasteiger partial charge in [-0.1, -0.05) is 41.6 Å². The van der Waals surface area contributed by atoms with Crippen LogP contribution in [-0.4, -0.2) is 42.2 Å². The topological polar surface area (TPSA) is 58.0 Å². The van der Waals surface area contributed by atoms with E-state index < -0.39 is 0 Å². The van der Waals surface area contributed by atoms with Crippen molar-refractivity contribution in [2.75, 3.05) is 31.2 Å². The molecule has 5 heteroatoms. The molecule has 0 amide bonds. The minimum absolute atomic E-state index is 0.0870. The monoisotopic (exact) mass is 401 g/mol. The highest BCUT2D eigenvalue weighted by Crippen LogP contribution is 2.33. The summed E-state index contributed by atoms with van der Waals surface area (Å²) >= 11 is 0. The number of nitrogens with zero attached hydrogens (tertiary/aromatic N) is 3. The van der Waals surface area contributed by atoms with Gasteiger partial charge in [0, 0.05) is 49.1 Å². The van der Waals surface area contributed by atoms with E-state index in [1.54, 1.807) is 12.4 Å². The summed E-state index contributed by atoms with van der Waals surface area (Å²) in [6.07, 6.45) is 4.04. The molecule has 1 aliphatic heterocycles. The van der Waals surface area contributed by atoms with Crippen molar-refractivity contribution in [3.63, 3.8) is 0 Å². The van der Waals surface area contributed by atoms with E-state index in [-0.39, 0.29) is 5.92 Å². The van der Waals surface area contributed by atoms with Crippen LogP contribution in [0.25, 0.3) is 0 Å². The van der Waals surface area contributed by atoms with Crippen molar-refractivity contribution in [3.8, 4) is 0 Å². The summed E-state index contributed by atoms with van der Waals surface area (Å²) in [6, 6.07) is 21.0. The molecule has 1 atom stereocenters. The lowest BCUT2D eigenvalue weighted by atomic mass is 9.83. The maximum absolute atomic E-state index is 9.75. The van der Waals surface area contributed by atoms with Gasteiger partial charge in [0.2, 0.25) is 0 Å². The Morgan fingerprint density at radius 2 is 1.73 bits per heavy atom. The normalized spacial score (nSPS) is 15.8. The molecule has 0 spiro atoms. The number of anilines is 1. The number of hydrogen-bond donors (Lipinski definition) is 1. The predicted octanol–water partition coefficient (Wildman–Crippen LogP) is 4.63. The molecule has 1 aliphatic rings. The lowest BCUT2D eigenvalue weighted by Crippen LogP contribution is -2.36. The average Bonchev–Trinajstić information content (AvgIpc) is 2.82. The quantitative estimate of drug-likeness (QED) is 0.372. The third-order valence-corrected chi connectivity index (χ3v) is 5.77. The molecular weight excluding hydrogens is 374 g/mol. The van der Waals surface area contributed by atoms with Crippen molar-refractivity contribution in [2.24, 2.45) is 5.16 Å². The minimum atomic E-state index is 0.0870. The van der Waals surface area contributed by atoms with E-state index in [1.807, 2.05) is 12.1 Å². The minimum Gasteiger partial charge on any atom is -0.411 e. The molecule has 0 radical (unpaired) electrons. The fourth-order valence-electron chi connectivity index (χ4n) is 4.08. The van der Waals surface area contributed by atoms with Gasteiger partial charge in [0.05, 0.1) is 18.9 Å². The van der Waals surface area contributed by atoms with Gasteiger partial charge in [-0.2, -0.15) is 0 Å². The van der Waals surface area contributed by atoms with E-state index in [9.17, 15) is 5.21 Å². The van der Waals surface area contributed by atoms with Crippen LogP contribution in [-0.2, 0) is 4.74 Å². The van der Waals surface area contributed by atoms with Gasteiger partial charge >= 0.3 is 0 Å². The molecule has 2 aromatic carbocycles. The van der Waals surface area contributed by atoms with E-state index in [0.717, 1.165) is 31.9 Å².